The van der Waals surface area contributed by atoms with Crippen molar-refractivity contribution < 1.29 is 29.4 Å². The van der Waals surface area contributed by atoms with Crippen molar-refractivity contribution in [3.63, 3.8) is 0 Å². The van der Waals surface area contributed by atoms with Gasteiger partial charge in [0, 0.05) is 22.3 Å². The molecule has 4 rings (SSSR count). The molecule has 0 aromatic heterocycles. The molecule has 6 nitrogen and oxygen atoms in total. The van der Waals surface area contributed by atoms with Crippen LogP contribution in [0.1, 0.15) is 102 Å². The first-order valence-corrected chi connectivity index (χ1v) is 14.5. The van der Waals surface area contributed by atoms with E-state index in [9.17, 15) is 19.2 Å². The van der Waals surface area contributed by atoms with Gasteiger partial charge in [-0.15, -0.1) is 0 Å². The van der Waals surface area contributed by atoms with Gasteiger partial charge in [0.15, 0.2) is 11.6 Å². The number of carbonyl (C=O) groups is 4. The number of hydrogen-bond donors (Lipinski definition) is 2. The van der Waals surface area contributed by atoms with Crippen LogP contribution >= 0.6 is 0 Å². The van der Waals surface area contributed by atoms with Gasteiger partial charge in [-0.05, 0) is 124 Å². The number of hydrogen-bond acceptors (Lipinski definition) is 4. The molecule has 0 aliphatic rings. The first kappa shape index (κ1) is 33.7. The lowest BCUT2D eigenvalue weighted by atomic mass is 9.91. The third-order valence-electron chi connectivity index (χ3n) is 8.53. The zero-order chi connectivity index (χ0) is 32.9. The highest BCUT2D eigenvalue weighted by Crippen LogP contribution is 2.24. The zero-order valence-corrected chi connectivity index (χ0v) is 26.6. The van der Waals surface area contributed by atoms with Gasteiger partial charge in [0.2, 0.25) is 0 Å². The van der Waals surface area contributed by atoms with Crippen LogP contribution in [0.3, 0.4) is 0 Å². The fourth-order valence-electron chi connectivity index (χ4n) is 4.87. The Balaban J connectivity index is 0.000000240. The van der Waals surface area contributed by atoms with Crippen molar-refractivity contribution in [1.82, 2.24) is 0 Å². The summed E-state index contributed by atoms with van der Waals surface area (Å²) in [5.74, 6) is -3.20. The van der Waals surface area contributed by atoms with Crippen LogP contribution < -0.4 is 0 Å². The average Bonchev–Trinajstić information content (AvgIpc) is 3.01. The largest absolute Gasteiger partial charge is 0.481 e. The van der Waals surface area contributed by atoms with E-state index >= 15 is 0 Å². The smallest absolute Gasteiger partial charge is 0.310 e. The first-order valence-electron chi connectivity index (χ1n) is 14.5. The summed E-state index contributed by atoms with van der Waals surface area (Å²) in [7, 11) is 0. The average molecular weight is 593 g/mol. The molecule has 228 valence electrons. The highest BCUT2D eigenvalue weighted by Gasteiger charge is 2.19. The second-order valence-electron chi connectivity index (χ2n) is 11.4. The Morgan fingerprint density at radius 3 is 1.41 bits per heavy atom. The maximum absolute atomic E-state index is 12.7. The van der Waals surface area contributed by atoms with Gasteiger partial charge < -0.3 is 10.2 Å². The Bertz CT molecular complexity index is 1720. The minimum Gasteiger partial charge on any atom is -0.481 e. The van der Waals surface area contributed by atoms with Crippen molar-refractivity contribution in [2.75, 3.05) is 0 Å². The van der Waals surface area contributed by atoms with E-state index in [1.807, 2.05) is 65.8 Å². The number of carboxylic acid groups (broad SMARTS) is 2. The predicted molar refractivity (Wildman–Crippen MR) is 173 cm³/mol. The number of carboxylic acids is 2. The topological polar surface area (TPSA) is 109 Å². The molecule has 4 aromatic carbocycles. The lowest BCUT2D eigenvalue weighted by Gasteiger charge is -2.12. The van der Waals surface area contributed by atoms with Crippen LogP contribution in [-0.2, 0) is 9.59 Å². The van der Waals surface area contributed by atoms with E-state index in [2.05, 4.69) is 0 Å². The predicted octanol–water partition coefficient (Wildman–Crippen LogP) is 8.06. The third-order valence-corrected chi connectivity index (χ3v) is 8.53. The standard InChI is InChI=1S/2C19H20O3/c1-11-8-17(9-12(2)13(11)3)18(20)16-7-5-6-15(10-16)14(4)19(21)22;1-11-8-9-17(13(3)12(11)2)18(20)16-7-5-6-15(10-16)14(4)19(21)22/h2*5-10,14H,1-4H3,(H,21,22). The maximum atomic E-state index is 12.7. The first-order chi connectivity index (χ1) is 20.6. The second-order valence-corrected chi connectivity index (χ2v) is 11.4. The van der Waals surface area contributed by atoms with Crippen molar-refractivity contribution in [3.8, 4) is 0 Å². The quantitative estimate of drug-likeness (QED) is 0.200. The molecule has 4 aromatic rings. The molecule has 0 spiro atoms. The summed E-state index contributed by atoms with van der Waals surface area (Å²) in [6.07, 6.45) is 0. The molecule has 0 radical (unpaired) electrons. The highest BCUT2D eigenvalue weighted by molar-refractivity contribution is 6.10. The van der Waals surface area contributed by atoms with Gasteiger partial charge in [-0.25, -0.2) is 0 Å². The van der Waals surface area contributed by atoms with E-state index in [0.717, 1.165) is 27.8 Å². The van der Waals surface area contributed by atoms with E-state index in [1.165, 1.54) is 5.56 Å². The fourth-order valence-corrected chi connectivity index (χ4v) is 4.87. The normalized spacial score (nSPS) is 12.0. The van der Waals surface area contributed by atoms with Gasteiger partial charge >= 0.3 is 11.9 Å². The molecule has 0 saturated carbocycles. The number of carbonyl (C=O) groups excluding carboxylic acids is 2. The Hall–Kier alpha value is -4.84. The molecule has 0 heterocycles. The third kappa shape index (κ3) is 7.56. The lowest BCUT2D eigenvalue weighted by molar-refractivity contribution is -0.139. The molecular weight excluding hydrogens is 552 g/mol. The summed E-state index contributed by atoms with van der Waals surface area (Å²) in [6.45, 7) is 15.2. The van der Waals surface area contributed by atoms with Gasteiger partial charge in [0.05, 0.1) is 11.8 Å². The van der Waals surface area contributed by atoms with Crippen LogP contribution in [0.15, 0.2) is 72.8 Å². The molecule has 0 saturated heterocycles. The number of aryl methyl sites for hydroxylation is 3. The fraction of sp³-hybridized carbons (Fsp3) is 0.263. The van der Waals surface area contributed by atoms with Gasteiger partial charge in [-0.2, -0.15) is 0 Å². The molecule has 0 amide bonds. The molecule has 0 aliphatic carbocycles. The van der Waals surface area contributed by atoms with Crippen molar-refractivity contribution in [2.24, 2.45) is 0 Å². The number of rotatable bonds is 8. The number of aliphatic carboxylic acids is 2. The molecule has 0 aliphatic heterocycles. The van der Waals surface area contributed by atoms with Crippen LogP contribution in [0.2, 0.25) is 0 Å². The highest BCUT2D eigenvalue weighted by atomic mass is 16.4. The Morgan fingerprint density at radius 2 is 0.955 bits per heavy atom. The Kier molecular flexibility index (Phi) is 10.8. The van der Waals surface area contributed by atoms with Crippen LogP contribution in [-0.4, -0.2) is 33.7 Å². The molecule has 2 N–H and O–H groups in total. The summed E-state index contributed by atoms with van der Waals surface area (Å²) in [4.78, 5) is 47.6. The van der Waals surface area contributed by atoms with E-state index in [0.29, 0.717) is 33.4 Å². The molecule has 6 heteroatoms. The summed E-state index contributed by atoms with van der Waals surface area (Å²) in [6, 6.07) is 21.3. The van der Waals surface area contributed by atoms with Crippen LogP contribution in [0.4, 0.5) is 0 Å². The molecule has 44 heavy (non-hydrogen) atoms. The summed E-state index contributed by atoms with van der Waals surface area (Å²) in [5.41, 5.74) is 10.2. The Morgan fingerprint density at radius 1 is 0.500 bits per heavy atom. The zero-order valence-electron chi connectivity index (χ0n) is 26.6. The monoisotopic (exact) mass is 592 g/mol. The molecule has 0 fully saturated rings. The van der Waals surface area contributed by atoms with E-state index in [1.54, 1.807) is 62.4 Å². The SMILES string of the molecule is Cc1cc(C(=O)c2cccc(C(C)C(=O)O)c2)cc(C)c1C.Cc1ccc(C(=O)c2cccc(C(C)C(=O)O)c2)c(C)c1C. The molecular formula is C38H40O6. The molecule has 2 atom stereocenters. The van der Waals surface area contributed by atoms with Crippen molar-refractivity contribution in [3.05, 3.63) is 140 Å². The molecule has 0 bridgehead atoms. The van der Waals surface area contributed by atoms with Crippen LogP contribution in [0, 0.1) is 41.5 Å². The molecule has 2 unspecified atom stereocenters. The minimum atomic E-state index is -0.897. The van der Waals surface area contributed by atoms with Crippen molar-refractivity contribution in [2.45, 2.75) is 67.2 Å². The summed E-state index contributed by atoms with van der Waals surface area (Å²) < 4.78 is 0. The van der Waals surface area contributed by atoms with Crippen LogP contribution in [0.5, 0.6) is 0 Å². The second kappa shape index (κ2) is 14.1. The number of benzene rings is 4. The van der Waals surface area contributed by atoms with E-state index in [4.69, 9.17) is 10.2 Å². The van der Waals surface area contributed by atoms with Crippen molar-refractivity contribution >= 4 is 23.5 Å². The number of ketones is 2. The Labute approximate surface area is 259 Å². The maximum Gasteiger partial charge on any atom is 0.310 e. The van der Waals surface area contributed by atoms with E-state index < -0.39 is 23.8 Å². The summed E-state index contributed by atoms with van der Waals surface area (Å²) >= 11 is 0. The minimum absolute atomic E-state index is 0.0694. The lowest BCUT2D eigenvalue weighted by Crippen LogP contribution is -2.10. The van der Waals surface area contributed by atoms with Gasteiger partial charge in [0.25, 0.3) is 0 Å². The summed E-state index contributed by atoms with van der Waals surface area (Å²) in [5, 5.41) is 18.2. The van der Waals surface area contributed by atoms with Crippen molar-refractivity contribution in [1.29, 1.82) is 0 Å². The van der Waals surface area contributed by atoms with E-state index in [-0.39, 0.29) is 11.6 Å². The van der Waals surface area contributed by atoms with Gasteiger partial charge in [-0.3, -0.25) is 19.2 Å². The van der Waals surface area contributed by atoms with Crippen LogP contribution in [0.25, 0.3) is 0 Å². The van der Waals surface area contributed by atoms with Gasteiger partial charge in [0.1, 0.15) is 0 Å². The van der Waals surface area contributed by atoms with Gasteiger partial charge in [-0.1, -0.05) is 48.5 Å².